The maximum atomic E-state index is 13.4. The SMILES string of the molecule is CC(C)[C@@H](NS(=O)(=O)c1cccc(F)c1F)C(=O)O. The van der Waals surface area contributed by atoms with Crippen LogP contribution in [-0.2, 0) is 14.8 Å². The number of hydrogen-bond acceptors (Lipinski definition) is 3. The first-order valence-electron chi connectivity index (χ1n) is 5.36. The largest absolute Gasteiger partial charge is 0.480 e. The number of hydrogen-bond donors (Lipinski definition) is 2. The molecule has 0 aliphatic rings. The molecule has 2 N–H and O–H groups in total. The summed E-state index contributed by atoms with van der Waals surface area (Å²) in [6.07, 6.45) is 0. The van der Waals surface area contributed by atoms with Gasteiger partial charge >= 0.3 is 5.97 Å². The first-order valence-corrected chi connectivity index (χ1v) is 6.84. The van der Waals surface area contributed by atoms with Gasteiger partial charge in [0, 0.05) is 0 Å². The second-order valence-corrected chi connectivity index (χ2v) is 5.92. The second kappa shape index (κ2) is 5.62. The van der Waals surface area contributed by atoms with Gasteiger partial charge in [0.05, 0.1) is 0 Å². The van der Waals surface area contributed by atoms with E-state index >= 15 is 0 Å². The van der Waals surface area contributed by atoms with E-state index in [1.807, 2.05) is 4.72 Å². The van der Waals surface area contributed by atoms with Crippen molar-refractivity contribution in [3.05, 3.63) is 29.8 Å². The normalized spacial score (nSPS) is 13.5. The first kappa shape index (κ1) is 15.5. The Balaban J connectivity index is 3.18. The van der Waals surface area contributed by atoms with Crippen LogP contribution in [0.1, 0.15) is 13.8 Å². The number of aliphatic carboxylic acids is 1. The lowest BCUT2D eigenvalue weighted by Crippen LogP contribution is -2.44. The van der Waals surface area contributed by atoms with Gasteiger partial charge in [-0.2, -0.15) is 4.72 Å². The van der Waals surface area contributed by atoms with Gasteiger partial charge in [0.2, 0.25) is 10.0 Å². The lowest BCUT2D eigenvalue weighted by Gasteiger charge is -2.18. The van der Waals surface area contributed by atoms with Crippen LogP contribution in [0.2, 0.25) is 0 Å². The summed E-state index contributed by atoms with van der Waals surface area (Å²) >= 11 is 0. The summed E-state index contributed by atoms with van der Waals surface area (Å²) in [5.41, 5.74) is 0. The molecule has 0 aliphatic carbocycles. The molecule has 0 bridgehead atoms. The van der Waals surface area contributed by atoms with Crippen molar-refractivity contribution < 1.29 is 27.1 Å². The zero-order chi connectivity index (χ0) is 14.8. The van der Waals surface area contributed by atoms with Gasteiger partial charge in [0.15, 0.2) is 11.6 Å². The maximum absolute atomic E-state index is 13.4. The van der Waals surface area contributed by atoms with Crippen molar-refractivity contribution in [1.29, 1.82) is 0 Å². The molecule has 106 valence electrons. The summed E-state index contributed by atoms with van der Waals surface area (Å²) in [6.45, 7) is 2.98. The van der Waals surface area contributed by atoms with Crippen LogP contribution in [0.4, 0.5) is 8.78 Å². The van der Waals surface area contributed by atoms with Crippen molar-refractivity contribution in [2.75, 3.05) is 0 Å². The fraction of sp³-hybridized carbons (Fsp3) is 0.364. The average molecular weight is 293 g/mol. The molecule has 1 aromatic rings. The molecule has 1 atom stereocenters. The van der Waals surface area contributed by atoms with Crippen LogP contribution in [-0.4, -0.2) is 25.5 Å². The van der Waals surface area contributed by atoms with Crippen LogP contribution in [0.3, 0.4) is 0 Å². The smallest absolute Gasteiger partial charge is 0.322 e. The quantitative estimate of drug-likeness (QED) is 0.858. The molecule has 0 unspecified atom stereocenters. The Bertz CT molecular complexity index is 586. The van der Waals surface area contributed by atoms with E-state index in [4.69, 9.17) is 5.11 Å². The molecule has 5 nitrogen and oxygen atoms in total. The second-order valence-electron chi connectivity index (χ2n) is 4.23. The Morgan fingerprint density at radius 2 is 1.89 bits per heavy atom. The van der Waals surface area contributed by atoms with E-state index in [1.165, 1.54) is 13.8 Å². The number of nitrogens with one attached hydrogen (secondary N) is 1. The molecule has 0 spiro atoms. The third-order valence-corrected chi connectivity index (χ3v) is 3.88. The fourth-order valence-electron chi connectivity index (χ4n) is 1.39. The third kappa shape index (κ3) is 3.48. The van der Waals surface area contributed by atoms with E-state index in [-0.39, 0.29) is 0 Å². The average Bonchev–Trinajstić information content (AvgIpc) is 2.28. The van der Waals surface area contributed by atoms with Crippen LogP contribution in [0.25, 0.3) is 0 Å². The van der Waals surface area contributed by atoms with E-state index < -0.39 is 44.5 Å². The number of carbonyl (C=O) groups is 1. The zero-order valence-electron chi connectivity index (χ0n) is 10.2. The van der Waals surface area contributed by atoms with Gasteiger partial charge in [0.25, 0.3) is 0 Å². The van der Waals surface area contributed by atoms with E-state index in [1.54, 1.807) is 0 Å². The standard InChI is InChI=1S/C11H13F2NO4S/c1-6(2)10(11(15)16)14-19(17,18)8-5-3-4-7(12)9(8)13/h3-6,10,14H,1-2H3,(H,15,16)/t10-/m1/s1. The summed E-state index contributed by atoms with van der Waals surface area (Å²) in [5, 5.41) is 8.88. The molecule has 0 saturated heterocycles. The molecule has 8 heteroatoms. The van der Waals surface area contributed by atoms with Crippen molar-refractivity contribution in [2.24, 2.45) is 5.92 Å². The lowest BCUT2D eigenvalue weighted by atomic mass is 10.1. The van der Waals surface area contributed by atoms with Crippen molar-refractivity contribution in [3.8, 4) is 0 Å². The number of rotatable bonds is 5. The highest BCUT2D eigenvalue weighted by Gasteiger charge is 2.30. The van der Waals surface area contributed by atoms with Crippen LogP contribution in [0.15, 0.2) is 23.1 Å². The third-order valence-electron chi connectivity index (χ3n) is 2.42. The molecule has 0 amide bonds. The van der Waals surface area contributed by atoms with Gasteiger partial charge in [0.1, 0.15) is 10.9 Å². The monoisotopic (exact) mass is 293 g/mol. The van der Waals surface area contributed by atoms with Crippen molar-refractivity contribution >= 4 is 16.0 Å². The minimum atomic E-state index is -4.45. The van der Waals surface area contributed by atoms with Gasteiger partial charge in [-0.15, -0.1) is 0 Å². The van der Waals surface area contributed by atoms with E-state index in [9.17, 15) is 22.0 Å². The molecule has 1 aromatic carbocycles. The topological polar surface area (TPSA) is 83.5 Å². The number of carboxylic acid groups (broad SMARTS) is 1. The Morgan fingerprint density at radius 1 is 1.32 bits per heavy atom. The maximum Gasteiger partial charge on any atom is 0.322 e. The van der Waals surface area contributed by atoms with E-state index in [0.29, 0.717) is 0 Å². The van der Waals surface area contributed by atoms with Crippen LogP contribution < -0.4 is 4.72 Å². The number of carboxylic acids is 1. The van der Waals surface area contributed by atoms with Gasteiger partial charge in [-0.25, -0.2) is 17.2 Å². The molecule has 0 saturated carbocycles. The number of halogens is 2. The predicted molar refractivity (Wildman–Crippen MR) is 62.9 cm³/mol. The van der Waals surface area contributed by atoms with Crippen molar-refractivity contribution in [3.63, 3.8) is 0 Å². The Morgan fingerprint density at radius 3 is 2.37 bits per heavy atom. The summed E-state index contributed by atoms with van der Waals surface area (Å²) in [4.78, 5) is 9.99. The highest BCUT2D eigenvalue weighted by Crippen LogP contribution is 2.18. The number of benzene rings is 1. The lowest BCUT2D eigenvalue weighted by molar-refractivity contribution is -0.140. The molecular weight excluding hydrogens is 280 g/mol. The van der Waals surface area contributed by atoms with Gasteiger partial charge < -0.3 is 5.11 Å². The van der Waals surface area contributed by atoms with E-state index in [2.05, 4.69) is 0 Å². The molecule has 0 fully saturated rings. The molecule has 0 heterocycles. The summed E-state index contributed by atoms with van der Waals surface area (Å²) in [6, 6.07) is 1.23. The molecule has 19 heavy (non-hydrogen) atoms. The van der Waals surface area contributed by atoms with Crippen molar-refractivity contribution in [2.45, 2.75) is 24.8 Å². The minimum absolute atomic E-state index is 0.552. The van der Waals surface area contributed by atoms with E-state index in [0.717, 1.165) is 18.2 Å². The Kier molecular flexibility index (Phi) is 4.59. The first-order chi connectivity index (χ1) is 8.66. The molecular formula is C11H13F2NO4S. The molecule has 0 aromatic heterocycles. The molecule has 0 aliphatic heterocycles. The summed E-state index contributed by atoms with van der Waals surface area (Å²) in [7, 11) is -4.45. The van der Waals surface area contributed by atoms with Gasteiger partial charge in [-0.05, 0) is 18.1 Å². The Labute approximate surface area is 109 Å². The van der Waals surface area contributed by atoms with Crippen LogP contribution >= 0.6 is 0 Å². The predicted octanol–water partition coefficient (Wildman–Crippen LogP) is 1.35. The van der Waals surface area contributed by atoms with Crippen molar-refractivity contribution in [1.82, 2.24) is 4.72 Å². The highest BCUT2D eigenvalue weighted by molar-refractivity contribution is 7.89. The zero-order valence-corrected chi connectivity index (χ0v) is 11.0. The fourth-order valence-corrected chi connectivity index (χ4v) is 2.82. The van der Waals surface area contributed by atoms with Gasteiger partial charge in [-0.3, -0.25) is 4.79 Å². The Hall–Kier alpha value is -1.54. The number of sulfonamides is 1. The minimum Gasteiger partial charge on any atom is -0.480 e. The summed E-state index contributed by atoms with van der Waals surface area (Å²) in [5.74, 6) is -4.80. The van der Waals surface area contributed by atoms with Gasteiger partial charge in [-0.1, -0.05) is 19.9 Å². The molecule has 1 rings (SSSR count). The highest BCUT2D eigenvalue weighted by atomic mass is 32.2. The molecule has 0 radical (unpaired) electrons. The summed E-state index contributed by atoms with van der Waals surface area (Å²) < 4.78 is 51.9. The van der Waals surface area contributed by atoms with Crippen LogP contribution in [0.5, 0.6) is 0 Å². The van der Waals surface area contributed by atoms with Crippen LogP contribution in [0, 0.1) is 17.6 Å².